The van der Waals surface area contributed by atoms with Gasteiger partial charge in [-0.05, 0) is 58.6 Å². The predicted molar refractivity (Wildman–Crippen MR) is 90.1 cm³/mol. The number of aromatic nitrogens is 1. The van der Waals surface area contributed by atoms with Gasteiger partial charge in [-0.3, -0.25) is 0 Å². The van der Waals surface area contributed by atoms with Crippen molar-refractivity contribution in [1.82, 2.24) is 10.3 Å². The highest BCUT2D eigenvalue weighted by atomic mass is 79.9. The number of rotatable bonds is 5. The quantitative estimate of drug-likeness (QED) is 0.745. The van der Waals surface area contributed by atoms with E-state index in [0.717, 1.165) is 26.6 Å². The van der Waals surface area contributed by atoms with E-state index in [1.165, 1.54) is 23.3 Å². The van der Waals surface area contributed by atoms with Crippen molar-refractivity contribution in [2.75, 3.05) is 0 Å². The van der Waals surface area contributed by atoms with Crippen molar-refractivity contribution >= 4 is 43.6 Å². The smallest absolute Gasteiger partial charge is 0.101 e. The standard InChI is InChI=1S/C15H14Br2N2S/c16-11-2-6-15(19-9-11)20-13-5-1-10(14(17)7-13)8-18-12-3-4-12/h1-2,5-7,9,12,18H,3-4,8H2. The third kappa shape index (κ3) is 4.07. The molecule has 20 heavy (non-hydrogen) atoms. The lowest BCUT2D eigenvalue weighted by Crippen LogP contribution is -2.15. The van der Waals surface area contributed by atoms with Crippen LogP contribution in [0.3, 0.4) is 0 Å². The average Bonchev–Trinajstić information content (AvgIpc) is 3.25. The second-order valence-electron chi connectivity index (χ2n) is 4.83. The first-order chi connectivity index (χ1) is 9.70. The third-order valence-corrected chi connectivity index (χ3v) is 5.25. The van der Waals surface area contributed by atoms with E-state index in [-0.39, 0.29) is 0 Å². The van der Waals surface area contributed by atoms with Gasteiger partial charge in [-0.2, -0.15) is 0 Å². The summed E-state index contributed by atoms with van der Waals surface area (Å²) in [6.07, 6.45) is 4.47. The van der Waals surface area contributed by atoms with Crippen LogP contribution < -0.4 is 5.32 Å². The average molecular weight is 414 g/mol. The Labute approximate surface area is 140 Å². The topological polar surface area (TPSA) is 24.9 Å². The summed E-state index contributed by atoms with van der Waals surface area (Å²) in [7, 11) is 0. The van der Waals surface area contributed by atoms with Gasteiger partial charge < -0.3 is 5.32 Å². The molecule has 0 bridgehead atoms. The SMILES string of the molecule is Brc1ccc(Sc2ccc(CNC3CC3)c(Br)c2)nc1. The summed E-state index contributed by atoms with van der Waals surface area (Å²) in [4.78, 5) is 5.58. The second kappa shape index (κ2) is 6.60. The van der Waals surface area contributed by atoms with E-state index in [9.17, 15) is 0 Å². The van der Waals surface area contributed by atoms with Crippen molar-refractivity contribution in [2.24, 2.45) is 0 Å². The third-order valence-electron chi connectivity index (χ3n) is 3.11. The number of hydrogen-bond donors (Lipinski definition) is 1. The highest BCUT2D eigenvalue weighted by Crippen LogP contribution is 2.30. The molecule has 0 amide bonds. The molecule has 2 aromatic rings. The fraction of sp³-hybridized carbons (Fsp3) is 0.267. The number of benzene rings is 1. The molecule has 5 heteroatoms. The van der Waals surface area contributed by atoms with Crippen LogP contribution in [0.2, 0.25) is 0 Å². The van der Waals surface area contributed by atoms with Crippen molar-refractivity contribution in [3.8, 4) is 0 Å². The Balaban J connectivity index is 1.67. The molecule has 0 aliphatic heterocycles. The van der Waals surface area contributed by atoms with E-state index in [1.54, 1.807) is 11.8 Å². The van der Waals surface area contributed by atoms with Crippen LogP contribution in [0.5, 0.6) is 0 Å². The number of halogens is 2. The Bertz CT molecular complexity index is 597. The zero-order chi connectivity index (χ0) is 13.9. The van der Waals surface area contributed by atoms with E-state index in [0.29, 0.717) is 0 Å². The molecule has 0 spiro atoms. The summed E-state index contributed by atoms with van der Waals surface area (Å²) in [6, 6.07) is 11.3. The summed E-state index contributed by atoms with van der Waals surface area (Å²) >= 11 is 8.73. The maximum absolute atomic E-state index is 4.38. The van der Waals surface area contributed by atoms with Gasteiger partial charge in [-0.25, -0.2) is 4.98 Å². The molecule has 3 rings (SSSR count). The van der Waals surface area contributed by atoms with Gasteiger partial charge in [0.2, 0.25) is 0 Å². The van der Waals surface area contributed by atoms with Gasteiger partial charge in [-0.1, -0.05) is 33.8 Å². The van der Waals surface area contributed by atoms with E-state index in [2.05, 4.69) is 60.4 Å². The molecule has 2 nitrogen and oxygen atoms in total. The zero-order valence-corrected chi connectivity index (χ0v) is 14.8. The molecule has 0 radical (unpaired) electrons. The summed E-state index contributed by atoms with van der Waals surface area (Å²) in [5.41, 5.74) is 1.31. The summed E-state index contributed by atoms with van der Waals surface area (Å²) < 4.78 is 2.16. The van der Waals surface area contributed by atoms with Crippen LogP contribution in [-0.2, 0) is 6.54 Å². The first kappa shape index (κ1) is 14.6. The Hall–Kier alpha value is -0.360. The minimum absolute atomic E-state index is 0.739. The van der Waals surface area contributed by atoms with Crippen LogP contribution in [0, 0.1) is 0 Å². The van der Waals surface area contributed by atoms with Crippen molar-refractivity contribution < 1.29 is 0 Å². The number of nitrogens with zero attached hydrogens (tertiary/aromatic N) is 1. The van der Waals surface area contributed by atoms with E-state index in [4.69, 9.17) is 0 Å². The lowest BCUT2D eigenvalue weighted by Gasteiger charge is -2.08. The zero-order valence-electron chi connectivity index (χ0n) is 10.8. The van der Waals surface area contributed by atoms with Gasteiger partial charge in [-0.15, -0.1) is 0 Å². The molecule has 1 aromatic carbocycles. The van der Waals surface area contributed by atoms with Crippen LogP contribution in [0.1, 0.15) is 18.4 Å². The summed E-state index contributed by atoms with van der Waals surface area (Å²) in [5, 5.41) is 4.54. The van der Waals surface area contributed by atoms with Gasteiger partial charge in [0.05, 0.1) is 0 Å². The molecular formula is C15H14Br2N2S. The lowest BCUT2D eigenvalue weighted by molar-refractivity contribution is 0.685. The van der Waals surface area contributed by atoms with Gasteiger partial charge in [0, 0.05) is 32.6 Å². The minimum atomic E-state index is 0.739. The second-order valence-corrected chi connectivity index (χ2v) is 7.69. The van der Waals surface area contributed by atoms with Crippen LogP contribution in [0.25, 0.3) is 0 Å². The van der Waals surface area contributed by atoms with Gasteiger partial charge in [0.15, 0.2) is 0 Å². The van der Waals surface area contributed by atoms with E-state index >= 15 is 0 Å². The van der Waals surface area contributed by atoms with E-state index < -0.39 is 0 Å². The van der Waals surface area contributed by atoms with Crippen LogP contribution in [0.4, 0.5) is 0 Å². The van der Waals surface area contributed by atoms with Gasteiger partial charge in [0.1, 0.15) is 5.03 Å². The van der Waals surface area contributed by atoms with Gasteiger partial charge >= 0.3 is 0 Å². The highest BCUT2D eigenvalue weighted by molar-refractivity contribution is 9.10. The molecule has 1 aliphatic rings. The normalized spacial score (nSPS) is 14.5. The maximum atomic E-state index is 4.38. The molecule has 0 unspecified atom stereocenters. The van der Waals surface area contributed by atoms with Crippen LogP contribution >= 0.6 is 43.6 Å². The van der Waals surface area contributed by atoms with Gasteiger partial charge in [0.25, 0.3) is 0 Å². The highest BCUT2D eigenvalue weighted by Gasteiger charge is 2.20. The number of pyridine rings is 1. The van der Waals surface area contributed by atoms with Crippen LogP contribution in [0.15, 0.2) is 55.4 Å². The molecule has 1 aromatic heterocycles. The van der Waals surface area contributed by atoms with Crippen molar-refractivity contribution in [3.63, 3.8) is 0 Å². The minimum Gasteiger partial charge on any atom is -0.310 e. The number of hydrogen-bond acceptors (Lipinski definition) is 3. The fourth-order valence-electron chi connectivity index (χ4n) is 1.82. The lowest BCUT2D eigenvalue weighted by atomic mass is 10.2. The van der Waals surface area contributed by atoms with Crippen LogP contribution in [-0.4, -0.2) is 11.0 Å². The monoisotopic (exact) mass is 412 g/mol. The Kier molecular flexibility index (Phi) is 4.81. The fourth-order valence-corrected chi connectivity index (χ4v) is 3.52. The molecular weight excluding hydrogens is 400 g/mol. The number of nitrogens with one attached hydrogen (secondary N) is 1. The molecule has 1 aliphatic carbocycles. The van der Waals surface area contributed by atoms with Crippen molar-refractivity contribution in [3.05, 3.63) is 51.0 Å². The molecule has 0 saturated heterocycles. The first-order valence-electron chi connectivity index (χ1n) is 6.52. The largest absolute Gasteiger partial charge is 0.310 e. The molecule has 1 fully saturated rings. The molecule has 1 heterocycles. The maximum Gasteiger partial charge on any atom is 0.101 e. The predicted octanol–water partition coefficient (Wildman–Crippen LogP) is 5.01. The Morgan fingerprint density at radius 3 is 2.70 bits per heavy atom. The summed E-state index contributed by atoms with van der Waals surface area (Å²) in [5.74, 6) is 0. The Morgan fingerprint density at radius 1 is 1.20 bits per heavy atom. The molecule has 1 saturated carbocycles. The molecule has 1 N–H and O–H groups in total. The molecule has 104 valence electrons. The van der Waals surface area contributed by atoms with Crippen molar-refractivity contribution in [2.45, 2.75) is 35.3 Å². The summed E-state index contributed by atoms with van der Waals surface area (Å²) in [6.45, 7) is 0.937. The molecule has 0 atom stereocenters. The van der Waals surface area contributed by atoms with E-state index in [1.807, 2.05) is 18.3 Å². The van der Waals surface area contributed by atoms with Crippen molar-refractivity contribution in [1.29, 1.82) is 0 Å². The Morgan fingerprint density at radius 2 is 2.05 bits per heavy atom. The first-order valence-corrected chi connectivity index (χ1v) is 8.92.